The molecule has 2 amide bonds. The summed E-state index contributed by atoms with van der Waals surface area (Å²) in [4.78, 5) is 88.6. The van der Waals surface area contributed by atoms with Gasteiger partial charge in [0.2, 0.25) is 11.7 Å². The van der Waals surface area contributed by atoms with E-state index in [1.165, 1.54) is 16.7 Å². The van der Waals surface area contributed by atoms with Crippen molar-refractivity contribution in [2.75, 3.05) is 18.5 Å². The maximum atomic E-state index is 13.5. The first-order chi connectivity index (χ1) is 29.6. The smallest absolute Gasteiger partial charge is 0.335 e. The molecule has 6 heterocycles. The van der Waals surface area contributed by atoms with Crippen molar-refractivity contribution in [1.29, 1.82) is 0 Å². The van der Waals surface area contributed by atoms with E-state index in [1.807, 2.05) is 6.92 Å². The number of fused-ring (bicyclic) bond motifs is 3. The molecule has 2 aliphatic rings. The van der Waals surface area contributed by atoms with Crippen LogP contribution >= 0.6 is 0 Å². The molecule has 0 saturated carbocycles. The molecule has 1 fully saturated rings. The van der Waals surface area contributed by atoms with Crippen LogP contribution in [0.4, 0.5) is 11.5 Å². The minimum absolute atomic E-state index is 0.0107. The number of rotatable bonds is 14. The number of carbonyl (C=O) groups excluding carboxylic acids is 5. The molecule has 0 aliphatic carbocycles. The fourth-order valence-electron chi connectivity index (χ4n) is 8.09. The van der Waals surface area contributed by atoms with Gasteiger partial charge in [0, 0.05) is 89.4 Å². The number of nitrogens with one attached hydrogen (secondary N) is 1. The Morgan fingerprint density at radius 3 is 2.39 bits per heavy atom. The fraction of sp³-hybridized carbons (Fsp3) is 0.261. The largest absolute Gasteiger partial charge is 0.493 e. The highest BCUT2D eigenvalue weighted by Crippen LogP contribution is 2.35. The molecule has 2 N–H and O–H groups in total. The summed E-state index contributed by atoms with van der Waals surface area (Å²) in [7, 11) is 5.10. The lowest BCUT2D eigenvalue weighted by Crippen LogP contribution is -2.35. The van der Waals surface area contributed by atoms with Crippen LogP contribution < -0.4 is 10.1 Å². The number of hydrogen-bond donors (Lipinski definition) is 2. The molecule has 62 heavy (non-hydrogen) atoms. The van der Waals surface area contributed by atoms with Crippen LogP contribution in [-0.2, 0) is 38.8 Å². The number of carbonyl (C=O) groups is 6. The lowest BCUT2D eigenvalue weighted by molar-refractivity contribution is -0.116. The highest BCUT2D eigenvalue weighted by Gasteiger charge is 2.34. The van der Waals surface area contributed by atoms with Crippen LogP contribution in [0.1, 0.15) is 88.3 Å². The Balaban J connectivity index is 0.832. The molecule has 0 unspecified atom stereocenters. The monoisotopic (exact) mass is 836 g/mol. The van der Waals surface area contributed by atoms with Gasteiger partial charge in [-0.05, 0) is 78.9 Å². The number of aromatic nitrogens is 5. The molecule has 316 valence electrons. The minimum Gasteiger partial charge on any atom is -0.493 e. The van der Waals surface area contributed by atoms with E-state index in [-0.39, 0.29) is 78.4 Å². The quantitative estimate of drug-likeness (QED) is 0.0766. The van der Waals surface area contributed by atoms with Gasteiger partial charge in [-0.15, -0.1) is 0 Å². The summed E-state index contributed by atoms with van der Waals surface area (Å²) in [6, 6.07) is 13.0. The van der Waals surface area contributed by atoms with E-state index in [4.69, 9.17) is 4.74 Å². The van der Waals surface area contributed by atoms with Crippen LogP contribution in [0.5, 0.6) is 5.75 Å². The van der Waals surface area contributed by atoms with E-state index in [0.717, 1.165) is 11.1 Å². The van der Waals surface area contributed by atoms with Gasteiger partial charge < -0.3 is 33.8 Å². The second-order valence-electron chi connectivity index (χ2n) is 15.9. The molecule has 2 aromatic carbocycles. The van der Waals surface area contributed by atoms with E-state index in [2.05, 4.69) is 21.9 Å². The number of anilines is 1. The molecule has 1 saturated heterocycles. The third kappa shape index (κ3) is 8.13. The van der Waals surface area contributed by atoms with Gasteiger partial charge in [0.15, 0.2) is 17.4 Å². The van der Waals surface area contributed by atoms with Crippen molar-refractivity contribution in [2.24, 2.45) is 26.1 Å². The van der Waals surface area contributed by atoms with Crippen molar-refractivity contribution in [3.63, 3.8) is 0 Å². The van der Waals surface area contributed by atoms with Crippen LogP contribution in [-0.4, -0.2) is 93.9 Å². The van der Waals surface area contributed by atoms with Crippen LogP contribution in [0.2, 0.25) is 0 Å². The average molecular weight is 837 g/mol. The molecule has 8 rings (SSSR count). The zero-order chi connectivity index (χ0) is 44.0. The van der Waals surface area contributed by atoms with E-state index >= 15 is 0 Å². The standard InChI is InChI=1S/C46H44N8O8/c1-26-13-32-21-47-34-20-40(27(2)14-33(34)44(58)54(32)22-26)62-12-6-7-42(57)48-41-25-52(5)43(49-41)39(56)18-28-15-36(50(3)23-28)38(55)17-29-16-37(51(4)24-29)45(59)53-11-10-30-19-31(46(60)61)8-9-35(30)53/h8-11,14-16,19-21,23-25,32H,1,6-7,12-13,17-18,22H2,2-5H3,(H,48,57)(H,60,61)/t32-/m0/s1. The summed E-state index contributed by atoms with van der Waals surface area (Å²) in [5.41, 5.74) is 5.53. The van der Waals surface area contributed by atoms with Crippen molar-refractivity contribution in [1.82, 2.24) is 28.2 Å². The van der Waals surface area contributed by atoms with Crippen molar-refractivity contribution < 1.29 is 38.6 Å². The number of nitrogens with zero attached hydrogens (tertiary/aromatic N) is 7. The van der Waals surface area contributed by atoms with Crippen molar-refractivity contribution in [3.05, 3.63) is 130 Å². The van der Waals surface area contributed by atoms with Crippen molar-refractivity contribution in [2.45, 2.75) is 45.1 Å². The number of Topliss-reactive ketones (excluding diaryl/α,β-unsaturated/α-hetero) is 2. The van der Waals surface area contributed by atoms with Crippen molar-refractivity contribution >= 4 is 63.9 Å². The number of carboxylic acids is 1. The number of aromatic carboxylic acids is 1. The molecule has 6 aromatic rings. The normalized spacial score (nSPS) is 14.5. The topological polar surface area (TPSA) is 192 Å². The average Bonchev–Trinajstić information content (AvgIpc) is 4.05. The summed E-state index contributed by atoms with van der Waals surface area (Å²) in [5, 5.41) is 12.7. The first-order valence-corrected chi connectivity index (χ1v) is 20.0. The van der Waals surface area contributed by atoms with Gasteiger partial charge >= 0.3 is 5.97 Å². The third-order valence-corrected chi connectivity index (χ3v) is 11.2. The van der Waals surface area contributed by atoms with Gasteiger partial charge in [-0.1, -0.05) is 12.2 Å². The molecular weight excluding hydrogens is 793 g/mol. The number of aliphatic imine (C=N–C) groups is 1. The first-order valence-electron chi connectivity index (χ1n) is 20.0. The molecule has 0 spiro atoms. The van der Waals surface area contributed by atoms with Crippen LogP contribution in [0.25, 0.3) is 10.9 Å². The molecule has 16 heteroatoms. The second kappa shape index (κ2) is 16.4. The number of ketones is 2. The summed E-state index contributed by atoms with van der Waals surface area (Å²) in [6.45, 7) is 6.66. The van der Waals surface area contributed by atoms with Crippen LogP contribution in [0.15, 0.2) is 90.5 Å². The Morgan fingerprint density at radius 2 is 1.63 bits per heavy atom. The van der Waals surface area contributed by atoms with E-state index in [9.17, 15) is 33.9 Å². The van der Waals surface area contributed by atoms with Crippen molar-refractivity contribution in [3.8, 4) is 5.75 Å². The maximum absolute atomic E-state index is 13.5. The molecule has 1 atom stereocenters. The number of ether oxygens (including phenoxy) is 1. The number of hydrogen-bond acceptors (Lipinski definition) is 9. The molecule has 4 aromatic heterocycles. The number of amides is 2. The first kappa shape index (κ1) is 41.1. The molecule has 16 nitrogen and oxygen atoms in total. The highest BCUT2D eigenvalue weighted by atomic mass is 16.5. The second-order valence-corrected chi connectivity index (χ2v) is 15.9. The lowest BCUT2D eigenvalue weighted by Gasteiger charge is -2.20. The minimum atomic E-state index is -1.06. The fourth-order valence-corrected chi connectivity index (χ4v) is 8.09. The zero-order valence-corrected chi connectivity index (χ0v) is 34.7. The Labute approximate surface area is 355 Å². The number of aryl methyl sites for hydroxylation is 4. The van der Waals surface area contributed by atoms with Gasteiger partial charge in [0.1, 0.15) is 11.4 Å². The number of imidazole rings is 1. The summed E-state index contributed by atoms with van der Waals surface area (Å²) in [6.07, 6.45) is 9.60. The summed E-state index contributed by atoms with van der Waals surface area (Å²) >= 11 is 0. The van der Waals surface area contributed by atoms with Crippen LogP contribution in [0, 0.1) is 6.92 Å². The Morgan fingerprint density at radius 1 is 0.903 bits per heavy atom. The van der Waals surface area contributed by atoms with E-state index < -0.39 is 5.97 Å². The maximum Gasteiger partial charge on any atom is 0.335 e. The van der Waals surface area contributed by atoms with E-state index in [0.29, 0.717) is 69.8 Å². The molecular formula is C46H44N8O8. The summed E-state index contributed by atoms with van der Waals surface area (Å²) in [5.74, 6) is -1.30. The predicted octanol–water partition coefficient (Wildman–Crippen LogP) is 5.88. The SMILES string of the molecule is C=C1C[C@H]2C=Nc3cc(OCCCC(=O)Nc4cn(C)c(C(=O)Cc5cc(C(=O)Cc6cc(C(=O)n7ccc8cc(C(=O)O)ccc87)n(C)c6)n(C)c5)n4)c(C)cc3C(=O)N2C1. The van der Waals surface area contributed by atoms with Gasteiger partial charge in [-0.2, -0.15) is 0 Å². The molecule has 2 aliphatic heterocycles. The summed E-state index contributed by atoms with van der Waals surface area (Å²) < 4.78 is 12.3. The van der Waals surface area contributed by atoms with Gasteiger partial charge in [0.25, 0.3) is 11.8 Å². The number of benzene rings is 2. The lowest BCUT2D eigenvalue weighted by atomic mass is 10.1. The molecule has 0 radical (unpaired) electrons. The Bertz CT molecular complexity index is 2900. The predicted molar refractivity (Wildman–Crippen MR) is 230 cm³/mol. The Kier molecular flexibility index (Phi) is 10.9. The third-order valence-electron chi connectivity index (χ3n) is 11.2. The van der Waals surface area contributed by atoms with E-state index in [1.54, 1.807) is 107 Å². The van der Waals surface area contributed by atoms with Gasteiger partial charge in [-0.3, -0.25) is 33.5 Å². The highest BCUT2D eigenvalue weighted by molar-refractivity contribution is 6.05. The van der Waals surface area contributed by atoms with Gasteiger partial charge in [0.05, 0.1) is 40.7 Å². The number of carboxylic acid groups (broad SMARTS) is 1. The molecule has 0 bridgehead atoms. The van der Waals surface area contributed by atoms with Gasteiger partial charge in [-0.25, -0.2) is 9.78 Å². The van der Waals surface area contributed by atoms with Crippen LogP contribution in [0.3, 0.4) is 0 Å². The zero-order valence-electron chi connectivity index (χ0n) is 34.7. The Hall–Kier alpha value is -7.62.